The van der Waals surface area contributed by atoms with Crippen LogP contribution < -0.4 is 5.32 Å². The Morgan fingerprint density at radius 2 is 2.16 bits per heavy atom. The number of aryl methyl sites for hydroxylation is 1. The first-order chi connectivity index (χ1) is 8.93. The van der Waals surface area contributed by atoms with Crippen LogP contribution in [-0.2, 0) is 11.3 Å². The van der Waals surface area contributed by atoms with Crippen LogP contribution in [0.3, 0.4) is 0 Å². The quantitative estimate of drug-likeness (QED) is 0.695. The normalized spacial score (nSPS) is 11.7. The molecule has 0 spiro atoms. The fraction of sp³-hybridized carbons (Fsp3) is 0.417. The van der Waals surface area contributed by atoms with E-state index < -0.39 is 24.6 Å². The smallest absolute Gasteiger partial charge is 0.328 e. The van der Waals surface area contributed by atoms with Gasteiger partial charge in [0.05, 0.1) is 18.8 Å². The number of carboxylic acids is 1. The average Bonchev–Trinajstić information content (AvgIpc) is 2.35. The van der Waals surface area contributed by atoms with Crippen LogP contribution in [-0.4, -0.2) is 51.8 Å². The lowest BCUT2D eigenvalue weighted by Gasteiger charge is -2.20. The first kappa shape index (κ1) is 14.9. The molecule has 1 rings (SSSR count). The van der Waals surface area contributed by atoms with E-state index in [9.17, 15) is 9.59 Å². The summed E-state index contributed by atoms with van der Waals surface area (Å²) in [5.74, 6) is -1.28. The molecule has 2 amide bonds. The minimum absolute atomic E-state index is 0.255. The molecule has 7 nitrogen and oxygen atoms in total. The van der Waals surface area contributed by atoms with Crippen molar-refractivity contribution in [1.82, 2.24) is 15.2 Å². The van der Waals surface area contributed by atoms with E-state index >= 15 is 0 Å². The van der Waals surface area contributed by atoms with Crippen molar-refractivity contribution in [2.45, 2.75) is 19.5 Å². The molecular formula is C12H17N3O4. The Morgan fingerprint density at radius 3 is 2.68 bits per heavy atom. The highest BCUT2D eigenvalue weighted by Gasteiger charge is 2.20. The number of hydrogen-bond acceptors (Lipinski definition) is 4. The number of amides is 2. The van der Waals surface area contributed by atoms with Crippen molar-refractivity contribution in [3.63, 3.8) is 0 Å². The number of nitrogens with zero attached hydrogens (tertiary/aromatic N) is 2. The molecule has 0 radical (unpaired) electrons. The predicted molar refractivity (Wildman–Crippen MR) is 67.5 cm³/mol. The van der Waals surface area contributed by atoms with Gasteiger partial charge in [-0.25, -0.2) is 9.59 Å². The lowest BCUT2D eigenvalue weighted by molar-refractivity contribution is -0.140. The minimum atomic E-state index is -1.31. The van der Waals surface area contributed by atoms with Gasteiger partial charge < -0.3 is 20.4 Å². The van der Waals surface area contributed by atoms with E-state index in [0.717, 1.165) is 5.69 Å². The van der Waals surface area contributed by atoms with Crippen molar-refractivity contribution in [2.75, 3.05) is 13.7 Å². The SMILES string of the molecule is Cc1cccc(CN(C)C(=O)N[C@H](CO)C(=O)O)n1. The van der Waals surface area contributed by atoms with Crippen LogP contribution in [0.2, 0.25) is 0 Å². The molecule has 0 bridgehead atoms. The second kappa shape index (κ2) is 6.69. The third kappa shape index (κ3) is 4.55. The number of carbonyl (C=O) groups is 2. The number of rotatable bonds is 5. The Labute approximate surface area is 110 Å². The first-order valence-corrected chi connectivity index (χ1v) is 5.72. The van der Waals surface area contributed by atoms with Crippen LogP contribution in [0.5, 0.6) is 0 Å². The fourth-order valence-electron chi connectivity index (χ4n) is 1.45. The van der Waals surface area contributed by atoms with Crippen molar-refractivity contribution in [3.05, 3.63) is 29.6 Å². The van der Waals surface area contributed by atoms with Gasteiger partial charge in [-0.1, -0.05) is 6.07 Å². The van der Waals surface area contributed by atoms with Gasteiger partial charge >= 0.3 is 12.0 Å². The molecule has 0 aliphatic carbocycles. The number of nitrogens with one attached hydrogen (secondary N) is 1. The molecule has 1 aromatic rings. The molecule has 1 aromatic heterocycles. The van der Waals surface area contributed by atoms with Gasteiger partial charge in [0.2, 0.25) is 0 Å². The molecule has 0 aliphatic heterocycles. The van der Waals surface area contributed by atoms with E-state index in [1.54, 1.807) is 6.07 Å². The number of aliphatic hydroxyl groups excluding tert-OH is 1. The monoisotopic (exact) mass is 267 g/mol. The second-order valence-electron chi connectivity index (χ2n) is 4.15. The van der Waals surface area contributed by atoms with Crippen LogP contribution >= 0.6 is 0 Å². The number of carbonyl (C=O) groups excluding carboxylic acids is 1. The van der Waals surface area contributed by atoms with Gasteiger partial charge in [0.25, 0.3) is 0 Å². The molecule has 104 valence electrons. The summed E-state index contributed by atoms with van der Waals surface area (Å²) < 4.78 is 0. The molecule has 0 fully saturated rings. The summed E-state index contributed by atoms with van der Waals surface area (Å²) in [6.45, 7) is 1.44. The summed E-state index contributed by atoms with van der Waals surface area (Å²) in [6.07, 6.45) is 0. The molecule has 1 heterocycles. The van der Waals surface area contributed by atoms with Gasteiger partial charge in [-0.15, -0.1) is 0 Å². The van der Waals surface area contributed by atoms with E-state index in [0.29, 0.717) is 5.69 Å². The van der Waals surface area contributed by atoms with E-state index in [1.165, 1.54) is 11.9 Å². The highest BCUT2D eigenvalue weighted by molar-refractivity contribution is 5.82. The van der Waals surface area contributed by atoms with Crippen molar-refractivity contribution >= 4 is 12.0 Å². The Hall–Kier alpha value is -2.15. The summed E-state index contributed by atoms with van der Waals surface area (Å²) in [5, 5.41) is 19.8. The molecule has 0 saturated heterocycles. The standard InChI is InChI=1S/C12H17N3O4/c1-8-4-3-5-9(13-8)6-15(2)12(19)14-10(7-16)11(17)18/h3-5,10,16H,6-7H2,1-2H3,(H,14,19)(H,17,18)/t10-/m1/s1. The van der Waals surface area contributed by atoms with E-state index in [4.69, 9.17) is 10.2 Å². The summed E-state index contributed by atoms with van der Waals surface area (Å²) in [5.41, 5.74) is 1.54. The third-order valence-corrected chi connectivity index (χ3v) is 2.47. The molecule has 0 saturated carbocycles. The molecule has 1 atom stereocenters. The van der Waals surface area contributed by atoms with E-state index in [1.807, 2.05) is 19.1 Å². The Kier molecular flexibility index (Phi) is 5.25. The molecule has 19 heavy (non-hydrogen) atoms. The number of aliphatic carboxylic acids is 1. The number of hydrogen-bond donors (Lipinski definition) is 3. The topological polar surface area (TPSA) is 103 Å². The average molecular weight is 267 g/mol. The largest absolute Gasteiger partial charge is 0.480 e. The maximum atomic E-state index is 11.7. The highest BCUT2D eigenvalue weighted by atomic mass is 16.4. The maximum Gasteiger partial charge on any atom is 0.328 e. The van der Waals surface area contributed by atoms with Gasteiger partial charge in [0, 0.05) is 12.7 Å². The zero-order chi connectivity index (χ0) is 14.4. The number of urea groups is 1. The zero-order valence-electron chi connectivity index (χ0n) is 10.8. The molecule has 0 unspecified atom stereocenters. The summed E-state index contributed by atoms with van der Waals surface area (Å²) in [6, 6.07) is 3.56. The van der Waals surface area contributed by atoms with Gasteiger partial charge in [-0.3, -0.25) is 4.98 Å². The Balaban J connectivity index is 2.60. The number of aliphatic hydroxyl groups is 1. The van der Waals surface area contributed by atoms with Crippen LogP contribution in [0.1, 0.15) is 11.4 Å². The van der Waals surface area contributed by atoms with Gasteiger partial charge in [-0.05, 0) is 19.1 Å². The zero-order valence-corrected chi connectivity index (χ0v) is 10.8. The van der Waals surface area contributed by atoms with Crippen LogP contribution in [0.25, 0.3) is 0 Å². The van der Waals surface area contributed by atoms with Crippen molar-refractivity contribution in [2.24, 2.45) is 0 Å². The molecule has 0 aliphatic rings. The molecule has 0 aromatic carbocycles. The third-order valence-electron chi connectivity index (χ3n) is 2.47. The minimum Gasteiger partial charge on any atom is -0.480 e. The van der Waals surface area contributed by atoms with Crippen molar-refractivity contribution < 1.29 is 19.8 Å². The van der Waals surface area contributed by atoms with Gasteiger partial charge in [-0.2, -0.15) is 0 Å². The van der Waals surface area contributed by atoms with Gasteiger partial charge in [0.15, 0.2) is 6.04 Å². The van der Waals surface area contributed by atoms with E-state index in [2.05, 4.69) is 10.3 Å². The van der Waals surface area contributed by atoms with Gasteiger partial charge in [0.1, 0.15) is 0 Å². The predicted octanol–water partition coefficient (Wildman–Crippen LogP) is -0.0231. The number of pyridine rings is 1. The Morgan fingerprint density at radius 1 is 1.47 bits per heavy atom. The molecular weight excluding hydrogens is 250 g/mol. The van der Waals surface area contributed by atoms with E-state index in [-0.39, 0.29) is 6.54 Å². The summed E-state index contributed by atoms with van der Waals surface area (Å²) >= 11 is 0. The summed E-state index contributed by atoms with van der Waals surface area (Å²) in [7, 11) is 1.52. The molecule has 3 N–H and O–H groups in total. The van der Waals surface area contributed by atoms with Crippen molar-refractivity contribution in [1.29, 1.82) is 0 Å². The lowest BCUT2D eigenvalue weighted by atomic mass is 10.3. The number of carboxylic acid groups (broad SMARTS) is 1. The van der Waals surface area contributed by atoms with Crippen LogP contribution in [0.4, 0.5) is 4.79 Å². The van der Waals surface area contributed by atoms with Crippen LogP contribution in [0, 0.1) is 6.92 Å². The fourth-order valence-corrected chi connectivity index (χ4v) is 1.45. The van der Waals surface area contributed by atoms with Crippen molar-refractivity contribution in [3.8, 4) is 0 Å². The number of aromatic nitrogens is 1. The maximum absolute atomic E-state index is 11.7. The molecule has 7 heteroatoms. The summed E-state index contributed by atoms with van der Waals surface area (Å²) in [4.78, 5) is 27.9. The highest BCUT2D eigenvalue weighted by Crippen LogP contribution is 2.02. The Bertz CT molecular complexity index is 464. The second-order valence-corrected chi connectivity index (χ2v) is 4.15. The van der Waals surface area contributed by atoms with Crippen LogP contribution in [0.15, 0.2) is 18.2 Å². The first-order valence-electron chi connectivity index (χ1n) is 5.72. The lowest BCUT2D eigenvalue weighted by Crippen LogP contribution is -2.48.